The number of unbranched alkanes of at least 4 members (excludes halogenated alkanes) is 5. The first-order valence-electron chi connectivity index (χ1n) is 8.01. The molecule has 18 heavy (non-hydrogen) atoms. The van der Waals surface area contributed by atoms with Gasteiger partial charge in [0.05, 0.1) is 0 Å². The van der Waals surface area contributed by atoms with Crippen molar-refractivity contribution in [3.05, 3.63) is 0 Å². The predicted octanol–water partition coefficient (Wildman–Crippen LogP) is 2.31. The van der Waals surface area contributed by atoms with Gasteiger partial charge in [0.2, 0.25) is 0 Å². The molecule has 0 amide bonds. The zero-order chi connectivity index (χ0) is 13.1. The van der Waals surface area contributed by atoms with Crippen LogP contribution in [-0.2, 0) is 0 Å². The first-order chi connectivity index (χ1) is 8.86. The molecule has 1 aliphatic heterocycles. The summed E-state index contributed by atoms with van der Waals surface area (Å²) in [6.45, 7) is 10.5. The average Bonchev–Trinajstić information content (AvgIpc) is 2.60. The SMILES string of the molecule is CCCCCCCCN1CCCN(CCN)CC1. The standard InChI is InChI=1S/C15H33N3/c1-2-3-4-5-6-7-10-17-11-8-12-18(13-9-16)15-14-17/h2-16H2,1H3. The van der Waals surface area contributed by atoms with Crippen molar-refractivity contribution in [2.45, 2.75) is 51.9 Å². The lowest BCUT2D eigenvalue weighted by molar-refractivity contribution is 0.256. The highest BCUT2D eigenvalue weighted by Crippen LogP contribution is 2.08. The Morgan fingerprint density at radius 3 is 2.06 bits per heavy atom. The van der Waals surface area contributed by atoms with Gasteiger partial charge >= 0.3 is 0 Å². The first-order valence-corrected chi connectivity index (χ1v) is 8.01. The van der Waals surface area contributed by atoms with Crippen LogP contribution in [0.2, 0.25) is 0 Å². The highest BCUT2D eigenvalue weighted by molar-refractivity contribution is 4.69. The quantitative estimate of drug-likeness (QED) is 0.642. The van der Waals surface area contributed by atoms with Crippen LogP contribution in [0.1, 0.15) is 51.9 Å². The summed E-state index contributed by atoms with van der Waals surface area (Å²) in [5.41, 5.74) is 5.63. The Hall–Kier alpha value is -0.120. The lowest BCUT2D eigenvalue weighted by atomic mass is 10.1. The Bertz CT molecular complexity index is 185. The Morgan fingerprint density at radius 1 is 0.778 bits per heavy atom. The third-order valence-corrected chi connectivity index (χ3v) is 3.95. The van der Waals surface area contributed by atoms with Crippen LogP contribution < -0.4 is 5.73 Å². The number of hydrogen-bond donors (Lipinski definition) is 1. The minimum atomic E-state index is 0.803. The molecule has 108 valence electrons. The molecule has 2 N–H and O–H groups in total. The fourth-order valence-electron chi connectivity index (χ4n) is 2.77. The van der Waals surface area contributed by atoms with Crippen LogP contribution in [0.15, 0.2) is 0 Å². The van der Waals surface area contributed by atoms with E-state index in [2.05, 4.69) is 16.7 Å². The Morgan fingerprint density at radius 2 is 1.39 bits per heavy atom. The summed E-state index contributed by atoms with van der Waals surface area (Å²) < 4.78 is 0. The van der Waals surface area contributed by atoms with Crippen molar-refractivity contribution in [1.29, 1.82) is 0 Å². The van der Waals surface area contributed by atoms with Crippen molar-refractivity contribution < 1.29 is 0 Å². The minimum absolute atomic E-state index is 0.803. The molecule has 0 aromatic heterocycles. The molecule has 1 saturated heterocycles. The predicted molar refractivity (Wildman–Crippen MR) is 79.9 cm³/mol. The number of nitrogens with two attached hydrogens (primary N) is 1. The Kier molecular flexibility index (Phi) is 9.54. The van der Waals surface area contributed by atoms with E-state index in [1.54, 1.807) is 0 Å². The zero-order valence-corrected chi connectivity index (χ0v) is 12.4. The molecule has 0 bridgehead atoms. The summed E-state index contributed by atoms with van der Waals surface area (Å²) in [7, 11) is 0. The molecule has 0 atom stereocenters. The van der Waals surface area contributed by atoms with E-state index < -0.39 is 0 Å². The topological polar surface area (TPSA) is 32.5 Å². The molecule has 1 aliphatic rings. The smallest absolute Gasteiger partial charge is 0.0110 e. The van der Waals surface area contributed by atoms with Gasteiger partial charge in [0, 0.05) is 26.2 Å². The van der Waals surface area contributed by atoms with Gasteiger partial charge in [-0.05, 0) is 32.5 Å². The van der Waals surface area contributed by atoms with E-state index in [9.17, 15) is 0 Å². The molecule has 0 aromatic carbocycles. The van der Waals surface area contributed by atoms with Gasteiger partial charge in [0.1, 0.15) is 0 Å². The average molecular weight is 255 g/mol. The van der Waals surface area contributed by atoms with Gasteiger partial charge in [-0.15, -0.1) is 0 Å². The first kappa shape index (κ1) is 15.9. The molecule has 0 saturated carbocycles. The molecule has 1 heterocycles. The van der Waals surface area contributed by atoms with Crippen LogP contribution in [0.4, 0.5) is 0 Å². The number of nitrogens with zero attached hydrogens (tertiary/aromatic N) is 2. The molecular weight excluding hydrogens is 222 g/mol. The number of rotatable bonds is 9. The van der Waals surface area contributed by atoms with E-state index in [0.29, 0.717) is 0 Å². The largest absolute Gasteiger partial charge is 0.329 e. The van der Waals surface area contributed by atoms with Crippen molar-refractivity contribution in [3.8, 4) is 0 Å². The second-order valence-electron chi connectivity index (χ2n) is 5.59. The van der Waals surface area contributed by atoms with E-state index >= 15 is 0 Å². The van der Waals surface area contributed by atoms with E-state index in [4.69, 9.17) is 5.73 Å². The third kappa shape index (κ3) is 7.34. The highest BCUT2D eigenvalue weighted by Gasteiger charge is 2.13. The lowest BCUT2D eigenvalue weighted by Gasteiger charge is -2.21. The van der Waals surface area contributed by atoms with Crippen molar-refractivity contribution in [3.63, 3.8) is 0 Å². The van der Waals surface area contributed by atoms with Gasteiger partial charge < -0.3 is 15.5 Å². The summed E-state index contributed by atoms with van der Waals surface area (Å²) in [6.07, 6.45) is 9.75. The van der Waals surface area contributed by atoms with Gasteiger partial charge in [-0.1, -0.05) is 39.0 Å². The maximum Gasteiger partial charge on any atom is 0.0110 e. The van der Waals surface area contributed by atoms with Crippen LogP contribution in [-0.4, -0.2) is 55.6 Å². The molecule has 3 nitrogen and oxygen atoms in total. The van der Waals surface area contributed by atoms with Gasteiger partial charge in [-0.25, -0.2) is 0 Å². The molecule has 1 fully saturated rings. The molecule has 0 unspecified atom stereocenters. The molecule has 0 aromatic rings. The Labute approximate surface area is 114 Å². The van der Waals surface area contributed by atoms with Crippen LogP contribution in [0.3, 0.4) is 0 Å². The van der Waals surface area contributed by atoms with Crippen LogP contribution in [0, 0.1) is 0 Å². The summed E-state index contributed by atoms with van der Waals surface area (Å²) in [6, 6.07) is 0. The normalized spacial score (nSPS) is 19.0. The number of hydrogen-bond acceptors (Lipinski definition) is 3. The fraction of sp³-hybridized carbons (Fsp3) is 1.00. The monoisotopic (exact) mass is 255 g/mol. The van der Waals surface area contributed by atoms with E-state index in [-0.39, 0.29) is 0 Å². The van der Waals surface area contributed by atoms with Crippen molar-refractivity contribution in [2.24, 2.45) is 5.73 Å². The fourth-order valence-corrected chi connectivity index (χ4v) is 2.77. The minimum Gasteiger partial charge on any atom is -0.329 e. The van der Waals surface area contributed by atoms with Crippen molar-refractivity contribution in [2.75, 3.05) is 45.8 Å². The second kappa shape index (κ2) is 10.8. The van der Waals surface area contributed by atoms with Crippen LogP contribution in [0.5, 0.6) is 0 Å². The van der Waals surface area contributed by atoms with Crippen molar-refractivity contribution >= 4 is 0 Å². The van der Waals surface area contributed by atoms with Crippen molar-refractivity contribution in [1.82, 2.24) is 9.80 Å². The summed E-state index contributed by atoms with van der Waals surface area (Å²) in [5, 5.41) is 0. The molecule has 0 aliphatic carbocycles. The maximum atomic E-state index is 5.63. The molecule has 0 radical (unpaired) electrons. The maximum absolute atomic E-state index is 5.63. The third-order valence-electron chi connectivity index (χ3n) is 3.95. The van der Waals surface area contributed by atoms with Crippen LogP contribution >= 0.6 is 0 Å². The summed E-state index contributed by atoms with van der Waals surface area (Å²) >= 11 is 0. The van der Waals surface area contributed by atoms with Crippen LogP contribution in [0.25, 0.3) is 0 Å². The lowest BCUT2D eigenvalue weighted by Crippen LogP contribution is -2.34. The zero-order valence-electron chi connectivity index (χ0n) is 12.4. The molecule has 3 heteroatoms. The highest BCUT2D eigenvalue weighted by atomic mass is 15.2. The molecular formula is C15H33N3. The van der Waals surface area contributed by atoms with Gasteiger partial charge in [-0.2, -0.15) is 0 Å². The summed E-state index contributed by atoms with van der Waals surface area (Å²) in [5.74, 6) is 0. The Balaban J connectivity index is 2.01. The van der Waals surface area contributed by atoms with Gasteiger partial charge in [0.25, 0.3) is 0 Å². The van der Waals surface area contributed by atoms with Gasteiger partial charge in [0.15, 0.2) is 0 Å². The van der Waals surface area contributed by atoms with Gasteiger partial charge in [-0.3, -0.25) is 0 Å². The van der Waals surface area contributed by atoms with E-state index in [1.807, 2.05) is 0 Å². The van der Waals surface area contributed by atoms with E-state index in [1.165, 1.54) is 77.7 Å². The summed E-state index contributed by atoms with van der Waals surface area (Å²) in [4.78, 5) is 5.16. The molecule has 0 spiro atoms. The van der Waals surface area contributed by atoms with E-state index in [0.717, 1.165) is 13.1 Å². The second-order valence-corrected chi connectivity index (χ2v) is 5.59. The molecule has 1 rings (SSSR count).